The standard InChI is InChI=1S/C17H22BrN3/c1-17(2)8-15(19-3)13-10-20-21(16(13)9-17)11-12-6-4-5-7-14(12)18/h4-7,10,15,19H,8-9,11H2,1-3H3. The highest BCUT2D eigenvalue weighted by Gasteiger charge is 2.34. The maximum absolute atomic E-state index is 4.65. The normalized spacial score (nSPS) is 20.3. The second-order valence-corrected chi connectivity index (χ2v) is 7.54. The van der Waals surface area contributed by atoms with E-state index in [-0.39, 0.29) is 0 Å². The minimum absolute atomic E-state index is 0.312. The largest absolute Gasteiger partial charge is 0.313 e. The van der Waals surface area contributed by atoms with Gasteiger partial charge in [0.05, 0.1) is 12.7 Å². The molecule has 1 atom stereocenters. The van der Waals surface area contributed by atoms with E-state index in [1.165, 1.54) is 16.8 Å². The van der Waals surface area contributed by atoms with Crippen LogP contribution in [0.1, 0.15) is 43.1 Å². The zero-order chi connectivity index (χ0) is 15.0. The number of nitrogens with one attached hydrogen (secondary N) is 1. The zero-order valence-corrected chi connectivity index (χ0v) is 14.4. The van der Waals surface area contributed by atoms with Crippen molar-refractivity contribution in [3.05, 3.63) is 51.8 Å². The Balaban J connectivity index is 1.96. The maximum atomic E-state index is 4.65. The van der Waals surface area contributed by atoms with Gasteiger partial charge >= 0.3 is 0 Å². The zero-order valence-electron chi connectivity index (χ0n) is 12.9. The van der Waals surface area contributed by atoms with Gasteiger partial charge in [0.15, 0.2) is 0 Å². The van der Waals surface area contributed by atoms with Gasteiger partial charge < -0.3 is 5.32 Å². The molecule has 0 spiro atoms. The van der Waals surface area contributed by atoms with Gasteiger partial charge in [-0.3, -0.25) is 4.68 Å². The van der Waals surface area contributed by atoms with Crippen LogP contribution in [0.5, 0.6) is 0 Å². The lowest BCUT2D eigenvalue weighted by Gasteiger charge is -2.35. The lowest BCUT2D eigenvalue weighted by molar-refractivity contribution is 0.258. The van der Waals surface area contributed by atoms with Crippen molar-refractivity contribution in [2.75, 3.05) is 7.05 Å². The molecule has 0 radical (unpaired) electrons. The molecule has 1 heterocycles. The molecule has 0 saturated heterocycles. The molecule has 1 unspecified atom stereocenters. The van der Waals surface area contributed by atoms with Gasteiger partial charge in [-0.2, -0.15) is 5.10 Å². The Morgan fingerprint density at radius 3 is 2.86 bits per heavy atom. The Hall–Kier alpha value is -1.13. The molecule has 2 aromatic rings. The first-order valence-electron chi connectivity index (χ1n) is 7.45. The molecule has 0 bridgehead atoms. The molecule has 1 aliphatic carbocycles. The van der Waals surface area contributed by atoms with Crippen molar-refractivity contribution in [1.82, 2.24) is 15.1 Å². The molecule has 1 aliphatic rings. The summed E-state index contributed by atoms with van der Waals surface area (Å²) in [5, 5.41) is 8.10. The third kappa shape index (κ3) is 2.92. The summed E-state index contributed by atoms with van der Waals surface area (Å²) in [6.07, 6.45) is 4.30. The van der Waals surface area contributed by atoms with Crippen LogP contribution in [0.25, 0.3) is 0 Å². The molecular formula is C17H22BrN3. The highest BCUT2D eigenvalue weighted by molar-refractivity contribution is 9.10. The van der Waals surface area contributed by atoms with Crippen molar-refractivity contribution in [3.63, 3.8) is 0 Å². The van der Waals surface area contributed by atoms with Crippen molar-refractivity contribution in [1.29, 1.82) is 0 Å². The van der Waals surface area contributed by atoms with Crippen LogP contribution in [0.3, 0.4) is 0 Å². The first kappa shape index (κ1) is 14.8. The summed E-state index contributed by atoms with van der Waals surface area (Å²) < 4.78 is 3.32. The van der Waals surface area contributed by atoms with Crippen LogP contribution < -0.4 is 5.32 Å². The van der Waals surface area contributed by atoms with Crippen molar-refractivity contribution in [2.45, 2.75) is 39.3 Å². The predicted molar refractivity (Wildman–Crippen MR) is 89.4 cm³/mol. The van der Waals surface area contributed by atoms with E-state index in [9.17, 15) is 0 Å². The highest BCUT2D eigenvalue weighted by Crippen LogP contribution is 2.40. The second kappa shape index (κ2) is 5.58. The molecule has 0 saturated carbocycles. The monoisotopic (exact) mass is 347 g/mol. The molecule has 0 fully saturated rings. The second-order valence-electron chi connectivity index (χ2n) is 6.68. The summed E-state index contributed by atoms with van der Waals surface area (Å²) in [5.41, 5.74) is 4.32. The van der Waals surface area contributed by atoms with Crippen LogP contribution in [0, 0.1) is 5.41 Å². The summed E-state index contributed by atoms with van der Waals surface area (Å²) >= 11 is 3.63. The van der Waals surface area contributed by atoms with E-state index >= 15 is 0 Å². The van der Waals surface area contributed by atoms with Crippen LogP contribution in [0.4, 0.5) is 0 Å². The smallest absolute Gasteiger partial charge is 0.0673 e. The fourth-order valence-electron chi connectivity index (χ4n) is 3.28. The molecule has 1 aromatic heterocycles. The SMILES string of the molecule is CNC1CC(C)(C)Cc2c1cnn2Cc1ccccc1Br. The van der Waals surface area contributed by atoms with Crippen molar-refractivity contribution >= 4 is 15.9 Å². The summed E-state index contributed by atoms with van der Waals surface area (Å²) in [7, 11) is 2.04. The molecule has 3 rings (SSSR count). The van der Waals surface area contributed by atoms with Gasteiger partial charge in [-0.05, 0) is 36.9 Å². The molecule has 0 amide bonds. The summed E-state index contributed by atoms with van der Waals surface area (Å²) in [6.45, 7) is 5.51. The Labute approximate surface area is 134 Å². The number of hydrogen-bond donors (Lipinski definition) is 1. The molecule has 1 aromatic carbocycles. The predicted octanol–water partition coefficient (Wildman–Crippen LogP) is 3.93. The molecule has 4 heteroatoms. The quantitative estimate of drug-likeness (QED) is 0.911. The third-order valence-corrected chi connectivity index (χ3v) is 5.16. The van der Waals surface area contributed by atoms with E-state index < -0.39 is 0 Å². The van der Waals surface area contributed by atoms with Gasteiger partial charge in [0, 0.05) is 21.8 Å². The Morgan fingerprint density at radius 2 is 2.14 bits per heavy atom. The van der Waals surface area contributed by atoms with Gasteiger partial charge in [0.25, 0.3) is 0 Å². The molecule has 0 aliphatic heterocycles. The van der Waals surface area contributed by atoms with E-state index in [4.69, 9.17) is 0 Å². The maximum Gasteiger partial charge on any atom is 0.0673 e. The first-order chi connectivity index (χ1) is 10.00. The van der Waals surface area contributed by atoms with E-state index in [2.05, 4.69) is 63.1 Å². The molecule has 3 nitrogen and oxygen atoms in total. The Morgan fingerprint density at radius 1 is 1.38 bits per heavy atom. The fraction of sp³-hybridized carbons (Fsp3) is 0.471. The number of nitrogens with zero attached hydrogens (tertiary/aromatic N) is 2. The summed E-state index contributed by atoms with van der Waals surface area (Å²) in [6, 6.07) is 8.78. The summed E-state index contributed by atoms with van der Waals surface area (Å²) in [5.74, 6) is 0. The van der Waals surface area contributed by atoms with Crippen molar-refractivity contribution < 1.29 is 0 Å². The lowest BCUT2D eigenvalue weighted by Crippen LogP contribution is -2.32. The molecule has 1 N–H and O–H groups in total. The van der Waals surface area contributed by atoms with Gasteiger partial charge in [-0.15, -0.1) is 0 Å². The van der Waals surface area contributed by atoms with E-state index in [0.717, 1.165) is 23.9 Å². The third-order valence-electron chi connectivity index (χ3n) is 4.39. The van der Waals surface area contributed by atoms with E-state index in [0.29, 0.717) is 11.5 Å². The summed E-state index contributed by atoms with van der Waals surface area (Å²) in [4.78, 5) is 0. The molecule has 112 valence electrons. The van der Waals surface area contributed by atoms with Gasteiger partial charge in [0.2, 0.25) is 0 Å². The number of hydrogen-bond acceptors (Lipinski definition) is 2. The minimum Gasteiger partial charge on any atom is -0.313 e. The Kier molecular flexibility index (Phi) is 3.93. The van der Waals surface area contributed by atoms with Crippen LogP contribution >= 0.6 is 15.9 Å². The van der Waals surface area contributed by atoms with Crippen LogP contribution in [-0.2, 0) is 13.0 Å². The molecule has 21 heavy (non-hydrogen) atoms. The average Bonchev–Trinajstić information content (AvgIpc) is 2.82. The molecular weight excluding hydrogens is 326 g/mol. The van der Waals surface area contributed by atoms with Gasteiger partial charge in [0.1, 0.15) is 0 Å². The van der Waals surface area contributed by atoms with Gasteiger partial charge in [-0.1, -0.05) is 48.0 Å². The average molecular weight is 348 g/mol. The van der Waals surface area contributed by atoms with Crippen LogP contribution in [-0.4, -0.2) is 16.8 Å². The first-order valence-corrected chi connectivity index (χ1v) is 8.25. The number of aromatic nitrogens is 2. The van der Waals surface area contributed by atoms with E-state index in [1.54, 1.807) is 0 Å². The lowest BCUT2D eigenvalue weighted by atomic mass is 9.74. The Bertz CT molecular complexity index is 645. The van der Waals surface area contributed by atoms with Crippen molar-refractivity contribution in [3.8, 4) is 0 Å². The van der Waals surface area contributed by atoms with Crippen molar-refractivity contribution in [2.24, 2.45) is 5.41 Å². The highest BCUT2D eigenvalue weighted by atomic mass is 79.9. The fourth-order valence-corrected chi connectivity index (χ4v) is 3.69. The minimum atomic E-state index is 0.312. The number of halogens is 1. The van der Waals surface area contributed by atoms with Gasteiger partial charge in [-0.25, -0.2) is 0 Å². The topological polar surface area (TPSA) is 29.9 Å². The van der Waals surface area contributed by atoms with Crippen LogP contribution in [0.15, 0.2) is 34.9 Å². The number of rotatable bonds is 3. The van der Waals surface area contributed by atoms with Crippen LogP contribution in [0.2, 0.25) is 0 Å². The number of fused-ring (bicyclic) bond motifs is 1. The van der Waals surface area contributed by atoms with E-state index in [1.807, 2.05) is 19.3 Å². The number of benzene rings is 1.